The van der Waals surface area contributed by atoms with Gasteiger partial charge in [0.15, 0.2) is 5.96 Å². The number of likely N-dealkylation sites (tertiary alicyclic amines) is 1. The van der Waals surface area contributed by atoms with E-state index in [0.29, 0.717) is 30.4 Å². The van der Waals surface area contributed by atoms with E-state index in [9.17, 15) is 0 Å². The van der Waals surface area contributed by atoms with Gasteiger partial charge in [-0.15, -0.1) is 0 Å². The zero-order chi connectivity index (χ0) is 18.5. The van der Waals surface area contributed by atoms with Gasteiger partial charge in [0.1, 0.15) is 6.26 Å². The van der Waals surface area contributed by atoms with Crippen LogP contribution in [0.25, 0.3) is 11.5 Å². The quantitative estimate of drug-likeness (QED) is 0.638. The fourth-order valence-corrected chi connectivity index (χ4v) is 3.26. The first-order valence-corrected chi connectivity index (χ1v) is 9.28. The molecule has 0 radical (unpaired) electrons. The minimum Gasteiger partial charge on any atom is -0.444 e. The van der Waals surface area contributed by atoms with Crippen LogP contribution in [0.5, 0.6) is 0 Å². The van der Waals surface area contributed by atoms with Crippen LogP contribution in [0.3, 0.4) is 0 Å². The smallest absolute Gasteiger partial charge is 0.226 e. The molecule has 1 fully saturated rings. The van der Waals surface area contributed by atoms with Crippen molar-refractivity contribution in [3.63, 3.8) is 0 Å². The summed E-state index contributed by atoms with van der Waals surface area (Å²) in [6.45, 7) is 9.52. The van der Waals surface area contributed by atoms with Gasteiger partial charge >= 0.3 is 0 Å². The van der Waals surface area contributed by atoms with Gasteiger partial charge in [-0.3, -0.25) is 9.89 Å². The molecule has 26 heavy (non-hydrogen) atoms. The first-order chi connectivity index (χ1) is 12.6. The summed E-state index contributed by atoms with van der Waals surface area (Å²) in [6, 6.07) is 10.9. The Morgan fingerprint density at radius 3 is 2.73 bits per heavy atom. The Morgan fingerprint density at radius 1 is 1.31 bits per heavy atom. The molecule has 6 nitrogen and oxygen atoms in total. The SMILES string of the molecule is CN=C(NCc1coc(-c2ccccc2)n1)NC1CN(C(C)C)CC1C. The Balaban J connectivity index is 1.54. The topological polar surface area (TPSA) is 65.7 Å². The van der Waals surface area contributed by atoms with Crippen molar-refractivity contribution >= 4 is 5.96 Å². The van der Waals surface area contributed by atoms with Gasteiger partial charge in [0.25, 0.3) is 0 Å². The Kier molecular flexibility index (Phi) is 5.93. The number of aliphatic imine (C=N–C) groups is 1. The van der Waals surface area contributed by atoms with Crippen LogP contribution >= 0.6 is 0 Å². The van der Waals surface area contributed by atoms with E-state index in [1.54, 1.807) is 13.3 Å². The normalized spacial score (nSPS) is 21.3. The zero-order valence-electron chi connectivity index (χ0n) is 16.1. The third kappa shape index (κ3) is 4.43. The molecule has 2 aromatic rings. The summed E-state index contributed by atoms with van der Waals surface area (Å²) in [5, 5.41) is 6.89. The Labute approximate surface area is 155 Å². The summed E-state index contributed by atoms with van der Waals surface area (Å²) in [5.41, 5.74) is 1.84. The maximum absolute atomic E-state index is 5.59. The average molecular weight is 355 g/mol. The molecule has 0 bridgehead atoms. The highest BCUT2D eigenvalue weighted by atomic mass is 16.3. The number of hydrogen-bond acceptors (Lipinski definition) is 4. The lowest BCUT2D eigenvalue weighted by atomic mass is 10.1. The van der Waals surface area contributed by atoms with Gasteiger partial charge in [0, 0.05) is 37.8 Å². The molecule has 1 aliphatic heterocycles. The zero-order valence-corrected chi connectivity index (χ0v) is 16.1. The Bertz CT molecular complexity index is 725. The van der Waals surface area contributed by atoms with E-state index < -0.39 is 0 Å². The van der Waals surface area contributed by atoms with Gasteiger partial charge in [-0.2, -0.15) is 0 Å². The van der Waals surface area contributed by atoms with Gasteiger partial charge in [-0.25, -0.2) is 4.98 Å². The lowest BCUT2D eigenvalue weighted by Crippen LogP contribution is -2.46. The second-order valence-corrected chi connectivity index (χ2v) is 7.21. The second kappa shape index (κ2) is 8.36. The number of guanidine groups is 1. The van der Waals surface area contributed by atoms with Gasteiger partial charge in [-0.05, 0) is 31.9 Å². The lowest BCUT2D eigenvalue weighted by molar-refractivity contribution is 0.265. The summed E-state index contributed by atoms with van der Waals surface area (Å²) >= 11 is 0. The van der Waals surface area contributed by atoms with Crippen LogP contribution in [0.1, 0.15) is 26.5 Å². The molecule has 1 aliphatic rings. The molecule has 2 heterocycles. The van der Waals surface area contributed by atoms with E-state index in [-0.39, 0.29) is 0 Å². The van der Waals surface area contributed by atoms with Crippen LogP contribution in [0.15, 0.2) is 46.0 Å². The lowest BCUT2D eigenvalue weighted by Gasteiger charge is -2.21. The van der Waals surface area contributed by atoms with E-state index in [0.717, 1.165) is 30.3 Å². The second-order valence-electron chi connectivity index (χ2n) is 7.21. The first-order valence-electron chi connectivity index (χ1n) is 9.28. The summed E-state index contributed by atoms with van der Waals surface area (Å²) in [7, 11) is 1.80. The van der Waals surface area contributed by atoms with Crippen molar-refractivity contribution in [3.05, 3.63) is 42.3 Å². The molecular formula is C20H29N5O. The number of aromatic nitrogens is 1. The van der Waals surface area contributed by atoms with Crippen molar-refractivity contribution in [2.75, 3.05) is 20.1 Å². The maximum atomic E-state index is 5.59. The molecule has 2 N–H and O–H groups in total. The Morgan fingerprint density at radius 2 is 2.08 bits per heavy atom. The summed E-state index contributed by atoms with van der Waals surface area (Å²) in [6.07, 6.45) is 1.70. The molecular weight excluding hydrogens is 326 g/mol. The molecule has 2 atom stereocenters. The van der Waals surface area contributed by atoms with Gasteiger partial charge < -0.3 is 15.1 Å². The highest BCUT2D eigenvalue weighted by Gasteiger charge is 2.31. The van der Waals surface area contributed by atoms with Gasteiger partial charge in [0.05, 0.1) is 12.2 Å². The molecule has 0 amide bonds. The van der Waals surface area contributed by atoms with Crippen molar-refractivity contribution in [1.82, 2.24) is 20.5 Å². The first kappa shape index (κ1) is 18.5. The van der Waals surface area contributed by atoms with Crippen LogP contribution in [0.4, 0.5) is 0 Å². The molecule has 140 valence electrons. The van der Waals surface area contributed by atoms with Crippen LogP contribution < -0.4 is 10.6 Å². The number of nitrogens with zero attached hydrogens (tertiary/aromatic N) is 3. The minimum absolute atomic E-state index is 0.404. The number of benzene rings is 1. The predicted molar refractivity (Wildman–Crippen MR) is 105 cm³/mol. The maximum Gasteiger partial charge on any atom is 0.226 e. The molecule has 0 aliphatic carbocycles. The molecule has 1 saturated heterocycles. The molecule has 0 saturated carbocycles. The van der Waals surface area contributed by atoms with Crippen molar-refractivity contribution in [1.29, 1.82) is 0 Å². The number of rotatable bonds is 5. The number of hydrogen-bond donors (Lipinski definition) is 2. The molecule has 1 aromatic heterocycles. The summed E-state index contributed by atoms with van der Waals surface area (Å²) in [5.74, 6) is 2.03. The van der Waals surface area contributed by atoms with Gasteiger partial charge in [-0.1, -0.05) is 25.1 Å². The Hall–Kier alpha value is -2.34. The number of oxazole rings is 1. The average Bonchev–Trinajstić information content (AvgIpc) is 3.26. The van der Waals surface area contributed by atoms with E-state index >= 15 is 0 Å². The van der Waals surface area contributed by atoms with Crippen LogP contribution in [-0.4, -0.2) is 48.1 Å². The van der Waals surface area contributed by atoms with Crippen molar-refractivity contribution in [3.8, 4) is 11.5 Å². The van der Waals surface area contributed by atoms with Crippen molar-refractivity contribution < 1.29 is 4.42 Å². The monoisotopic (exact) mass is 355 g/mol. The summed E-state index contributed by atoms with van der Waals surface area (Å²) in [4.78, 5) is 11.4. The highest BCUT2D eigenvalue weighted by molar-refractivity contribution is 5.80. The minimum atomic E-state index is 0.404. The van der Waals surface area contributed by atoms with Crippen molar-refractivity contribution in [2.24, 2.45) is 10.9 Å². The van der Waals surface area contributed by atoms with E-state index in [1.165, 1.54) is 0 Å². The molecule has 2 unspecified atom stereocenters. The molecule has 1 aromatic carbocycles. The van der Waals surface area contributed by atoms with E-state index in [1.807, 2.05) is 30.3 Å². The summed E-state index contributed by atoms with van der Waals surface area (Å²) < 4.78 is 5.59. The van der Waals surface area contributed by atoms with E-state index in [4.69, 9.17) is 4.42 Å². The third-order valence-electron chi connectivity index (χ3n) is 4.93. The fourth-order valence-electron chi connectivity index (χ4n) is 3.26. The van der Waals surface area contributed by atoms with Crippen LogP contribution in [0.2, 0.25) is 0 Å². The fraction of sp³-hybridized carbons (Fsp3) is 0.500. The van der Waals surface area contributed by atoms with E-state index in [2.05, 4.69) is 46.3 Å². The van der Waals surface area contributed by atoms with Crippen LogP contribution in [0, 0.1) is 5.92 Å². The number of nitrogens with one attached hydrogen (secondary N) is 2. The molecule has 3 rings (SSSR count). The predicted octanol–water partition coefficient (Wildman–Crippen LogP) is 2.74. The molecule has 6 heteroatoms. The van der Waals surface area contributed by atoms with Crippen molar-refractivity contribution in [2.45, 2.75) is 39.4 Å². The van der Waals surface area contributed by atoms with Crippen LogP contribution in [-0.2, 0) is 6.54 Å². The highest BCUT2D eigenvalue weighted by Crippen LogP contribution is 2.19. The molecule has 0 spiro atoms. The standard InChI is InChI=1S/C20H29N5O/c1-14(2)25-11-15(3)18(12-25)24-20(21-4)22-10-17-13-26-19(23-17)16-8-6-5-7-9-16/h5-9,13-15,18H,10-12H2,1-4H3,(H2,21,22,24). The third-order valence-corrected chi connectivity index (χ3v) is 4.93. The van der Waals surface area contributed by atoms with Gasteiger partial charge in [0.2, 0.25) is 5.89 Å². The largest absolute Gasteiger partial charge is 0.444 e.